The number of nitrogens with two attached hydrogens (primary N) is 1. The number of morpholine rings is 1. The number of benzene rings is 1. The van der Waals surface area contributed by atoms with Gasteiger partial charge in [0.2, 0.25) is 0 Å². The summed E-state index contributed by atoms with van der Waals surface area (Å²) >= 11 is 0. The molecule has 3 rings (SSSR count). The molecule has 1 aromatic carbocycles. The van der Waals surface area contributed by atoms with Crippen LogP contribution in [0.4, 0.5) is 11.4 Å². The molecule has 7 heteroatoms. The lowest BCUT2D eigenvalue weighted by Gasteiger charge is -2.39. The van der Waals surface area contributed by atoms with Crippen molar-refractivity contribution >= 4 is 28.2 Å². The highest BCUT2D eigenvalue weighted by Gasteiger charge is 2.26. The van der Waals surface area contributed by atoms with E-state index in [0.29, 0.717) is 30.0 Å². The van der Waals surface area contributed by atoms with Gasteiger partial charge in [-0.1, -0.05) is 25.1 Å². The topological polar surface area (TPSA) is 80.9 Å². The molecule has 2 N–H and O–H groups in total. The highest BCUT2D eigenvalue weighted by atomic mass is 16.5. The molecule has 0 radical (unpaired) electrons. The minimum atomic E-state index is -0.436. The number of esters is 1. The normalized spacial score (nSPS) is 15.3. The Morgan fingerprint density at radius 3 is 2.89 bits per heavy atom. The molecule has 27 heavy (non-hydrogen) atoms. The predicted octanol–water partition coefficient (Wildman–Crippen LogP) is 2.97. The molecule has 144 valence electrons. The van der Waals surface area contributed by atoms with E-state index in [1.807, 2.05) is 18.2 Å². The van der Waals surface area contributed by atoms with E-state index >= 15 is 0 Å². The molecule has 0 saturated carbocycles. The van der Waals surface area contributed by atoms with Crippen LogP contribution in [0.3, 0.4) is 0 Å². The first-order valence-corrected chi connectivity index (χ1v) is 9.26. The maximum absolute atomic E-state index is 12.7. The minimum Gasteiger partial charge on any atom is -0.431 e. The van der Waals surface area contributed by atoms with E-state index in [4.69, 9.17) is 15.2 Å². The number of hydrogen-bond acceptors (Lipinski definition) is 7. The third-order valence-corrected chi connectivity index (χ3v) is 4.45. The van der Waals surface area contributed by atoms with Gasteiger partial charge in [0.15, 0.2) is 0 Å². The number of para-hydroxylation sites is 1. The van der Waals surface area contributed by atoms with Crippen LogP contribution >= 0.6 is 0 Å². The minimum absolute atomic E-state index is 0.422. The van der Waals surface area contributed by atoms with E-state index in [9.17, 15) is 4.79 Å². The van der Waals surface area contributed by atoms with Crippen molar-refractivity contribution in [3.8, 4) is 0 Å². The average molecular weight is 370 g/mol. The SMILES string of the molecule is CC=COC(=O)c1cnc2c(N)cccc2c1N(CCC)N1CCOCC1. The second-order valence-corrected chi connectivity index (χ2v) is 6.33. The van der Waals surface area contributed by atoms with Crippen molar-refractivity contribution in [3.63, 3.8) is 0 Å². The zero-order chi connectivity index (χ0) is 19.2. The number of pyridine rings is 1. The molecule has 0 unspecified atom stereocenters. The summed E-state index contributed by atoms with van der Waals surface area (Å²) in [6, 6.07) is 5.65. The number of carbonyl (C=O) groups is 1. The van der Waals surface area contributed by atoms with Crippen LogP contribution in [0.25, 0.3) is 10.9 Å². The third-order valence-electron chi connectivity index (χ3n) is 4.45. The van der Waals surface area contributed by atoms with Gasteiger partial charge in [-0.05, 0) is 19.4 Å². The Kier molecular flexibility index (Phi) is 6.26. The second-order valence-electron chi connectivity index (χ2n) is 6.33. The first-order valence-electron chi connectivity index (χ1n) is 9.26. The number of carbonyl (C=O) groups excluding carboxylic acids is 1. The number of nitrogen functional groups attached to an aromatic ring is 1. The summed E-state index contributed by atoms with van der Waals surface area (Å²) in [6.45, 7) is 7.50. The molecule has 1 aliphatic heterocycles. The van der Waals surface area contributed by atoms with E-state index in [0.717, 1.165) is 37.1 Å². The maximum Gasteiger partial charge on any atom is 0.346 e. The number of nitrogens with zero attached hydrogens (tertiary/aromatic N) is 3. The Hall–Kier alpha value is -2.64. The molecule has 7 nitrogen and oxygen atoms in total. The maximum atomic E-state index is 12.7. The number of allylic oxidation sites excluding steroid dienone is 1. The first-order chi connectivity index (χ1) is 13.2. The summed E-state index contributed by atoms with van der Waals surface area (Å²) < 4.78 is 10.8. The zero-order valence-electron chi connectivity index (χ0n) is 15.9. The molecule has 1 aromatic heterocycles. The van der Waals surface area contributed by atoms with Crippen LogP contribution in [0.1, 0.15) is 30.6 Å². The van der Waals surface area contributed by atoms with Crippen molar-refractivity contribution in [2.45, 2.75) is 20.3 Å². The number of rotatable bonds is 6. The van der Waals surface area contributed by atoms with Crippen molar-refractivity contribution in [1.29, 1.82) is 0 Å². The Bertz CT molecular complexity index is 831. The van der Waals surface area contributed by atoms with Crippen LogP contribution in [0, 0.1) is 0 Å². The van der Waals surface area contributed by atoms with E-state index in [-0.39, 0.29) is 0 Å². The molecule has 0 atom stereocenters. The summed E-state index contributed by atoms with van der Waals surface area (Å²) in [7, 11) is 0. The lowest BCUT2D eigenvalue weighted by molar-refractivity contribution is 0.0316. The van der Waals surface area contributed by atoms with Crippen LogP contribution in [-0.2, 0) is 9.47 Å². The molecule has 1 saturated heterocycles. The molecular formula is C20H26N4O3. The van der Waals surface area contributed by atoms with Crippen LogP contribution < -0.4 is 10.7 Å². The standard InChI is InChI=1S/C20H26N4O3/c1-3-8-24(23-9-12-26-13-10-23)19-15-6-5-7-17(21)18(15)22-14-16(19)20(25)27-11-4-2/h4-7,11,14H,3,8-10,12-13,21H2,1-2H3. The van der Waals surface area contributed by atoms with Gasteiger partial charge >= 0.3 is 5.97 Å². The van der Waals surface area contributed by atoms with E-state index in [1.165, 1.54) is 6.26 Å². The summed E-state index contributed by atoms with van der Waals surface area (Å²) in [5.74, 6) is -0.436. The molecule has 1 fully saturated rings. The molecule has 0 bridgehead atoms. The quantitative estimate of drug-likeness (QED) is 0.476. The Labute approximate surface area is 159 Å². The van der Waals surface area contributed by atoms with Crippen molar-refractivity contribution in [2.24, 2.45) is 0 Å². The van der Waals surface area contributed by atoms with Crippen molar-refractivity contribution in [1.82, 2.24) is 9.99 Å². The molecule has 0 amide bonds. The fraction of sp³-hybridized carbons (Fsp3) is 0.400. The van der Waals surface area contributed by atoms with Gasteiger partial charge in [-0.25, -0.2) is 9.80 Å². The summed E-state index contributed by atoms with van der Waals surface area (Å²) in [6.07, 6.45) is 5.54. The Balaban J connectivity index is 2.18. The van der Waals surface area contributed by atoms with E-state index in [1.54, 1.807) is 19.2 Å². The highest BCUT2D eigenvalue weighted by molar-refractivity contribution is 6.07. The molecule has 0 aliphatic carbocycles. The van der Waals surface area contributed by atoms with Crippen molar-refractivity contribution in [2.75, 3.05) is 43.6 Å². The van der Waals surface area contributed by atoms with Gasteiger partial charge < -0.3 is 20.2 Å². The van der Waals surface area contributed by atoms with Crippen LogP contribution in [0.2, 0.25) is 0 Å². The third kappa shape index (κ3) is 4.04. The van der Waals surface area contributed by atoms with Gasteiger partial charge in [-0.2, -0.15) is 0 Å². The summed E-state index contributed by atoms with van der Waals surface area (Å²) in [5, 5.41) is 5.21. The van der Waals surface area contributed by atoms with Gasteiger partial charge in [-0.15, -0.1) is 0 Å². The summed E-state index contributed by atoms with van der Waals surface area (Å²) in [5.41, 5.74) is 8.62. The number of aromatic nitrogens is 1. The largest absolute Gasteiger partial charge is 0.431 e. The fourth-order valence-electron chi connectivity index (χ4n) is 3.25. The van der Waals surface area contributed by atoms with Crippen LogP contribution in [-0.4, -0.2) is 48.8 Å². The van der Waals surface area contributed by atoms with Crippen molar-refractivity contribution < 1.29 is 14.3 Å². The van der Waals surface area contributed by atoms with E-state index < -0.39 is 5.97 Å². The number of hydrazine groups is 1. The van der Waals surface area contributed by atoms with Gasteiger partial charge in [0, 0.05) is 31.2 Å². The first kappa shape index (κ1) is 19.1. The predicted molar refractivity (Wildman–Crippen MR) is 106 cm³/mol. The molecule has 0 spiro atoms. The van der Waals surface area contributed by atoms with Gasteiger partial charge in [-0.3, -0.25) is 4.98 Å². The molecular weight excluding hydrogens is 344 g/mol. The number of anilines is 2. The molecule has 1 aliphatic rings. The van der Waals surface area contributed by atoms with Gasteiger partial charge in [0.25, 0.3) is 0 Å². The van der Waals surface area contributed by atoms with Gasteiger partial charge in [0.1, 0.15) is 5.56 Å². The number of fused-ring (bicyclic) bond motifs is 1. The Morgan fingerprint density at radius 2 is 2.19 bits per heavy atom. The van der Waals surface area contributed by atoms with Crippen molar-refractivity contribution in [3.05, 3.63) is 42.3 Å². The molecule has 2 aromatic rings. The zero-order valence-corrected chi connectivity index (χ0v) is 15.9. The lowest BCUT2D eigenvalue weighted by Crippen LogP contribution is -2.50. The fourth-order valence-corrected chi connectivity index (χ4v) is 3.25. The van der Waals surface area contributed by atoms with E-state index in [2.05, 4.69) is 21.9 Å². The average Bonchev–Trinajstić information content (AvgIpc) is 2.70. The second kappa shape index (κ2) is 8.83. The highest BCUT2D eigenvalue weighted by Crippen LogP contribution is 2.34. The monoisotopic (exact) mass is 370 g/mol. The lowest BCUT2D eigenvalue weighted by atomic mass is 10.1. The van der Waals surface area contributed by atoms with Crippen LogP contribution in [0.5, 0.6) is 0 Å². The summed E-state index contributed by atoms with van der Waals surface area (Å²) in [4.78, 5) is 17.2. The number of hydrogen-bond donors (Lipinski definition) is 1. The molecule has 2 heterocycles. The Morgan fingerprint density at radius 1 is 1.41 bits per heavy atom. The number of ether oxygens (including phenoxy) is 2. The smallest absolute Gasteiger partial charge is 0.346 e. The van der Waals surface area contributed by atoms with Gasteiger partial charge in [0.05, 0.1) is 36.4 Å². The van der Waals surface area contributed by atoms with Crippen LogP contribution in [0.15, 0.2) is 36.7 Å².